The zero-order valence-corrected chi connectivity index (χ0v) is 14.5. The fraction of sp³-hybridized carbons (Fsp3) is 0.167. The molecule has 0 fully saturated rings. The van der Waals surface area contributed by atoms with E-state index in [0.717, 1.165) is 0 Å². The van der Waals surface area contributed by atoms with Crippen LogP contribution in [0.2, 0.25) is 0 Å². The highest BCUT2D eigenvalue weighted by molar-refractivity contribution is 6.03. The summed E-state index contributed by atoms with van der Waals surface area (Å²) >= 11 is 0. The third-order valence-corrected chi connectivity index (χ3v) is 3.91. The van der Waals surface area contributed by atoms with Crippen LogP contribution in [-0.4, -0.2) is 37.1 Å². The van der Waals surface area contributed by atoms with Crippen LogP contribution in [0.15, 0.2) is 40.8 Å². The van der Waals surface area contributed by atoms with Crippen LogP contribution in [0.1, 0.15) is 10.4 Å². The Bertz CT molecular complexity index is 1000. The zero-order chi connectivity index (χ0) is 18.8. The van der Waals surface area contributed by atoms with Gasteiger partial charge < -0.3 is 23.4 Å². The number of aromatic nitrogens is 2. The lowest BCUT2D eigenvalue weighted by Gasteiger charge is -2.07. The van der Waals surface area contributed by atoms with E-state index in [0.29, 0.717) is 34.1 Å². The molecule has 1 aliphatic rings. The number of methoxy groups -OCH3 is 2. The van der Waals surface area contributed by atoms with Crippen molar-refractivity contribution in [2.24, 2.45) is 0 Å². The smallest absolute Gasteiger partial charge is 0.322 e. The number of fused-ring (bicyclic) bond motifs is 1. The summed E-state index contributed by atoms with van der Waals surface area (Å²) in [6.07, 6.45) is 0. The maximum Gasteiger partial charge on any atom is 0.322 e. The molecule has 0 aliphatic carbocycles. The van der Waals surface area contributed by atoms with Crippen molar-refractivity contribution in [3.05, 3.63) is 42.0 Å². The molecule has 1 amide bonds. The first-order valence-electron chi connectivity index (χ1n) is 7.95. The largest absolute Gasteiger partial charge is 0.493 e. The number of amides is 1. The summed E-state index contributed by atoms with van der Waals surface area (Å²) in [5.41, 5.74) is 1.01. The molecule has 4 rings (SSSR count). The highest BCUT2D eigenvalue weighted by atomic mass is 16.7. The Labute approximate surface area is 153 Å². The van der Waals surface area contributed by atoms with Gasteiger partial charge in [0.1, 0.15) is 0 Å². The molecule has 1 aromatic heterocycles. The van der Waals surface area contributed by atoms with Gasteiger partial charge in [-0.1, -0.05) is 5.10 Å². The number of rotatable bonds is 5. The third kappa shape index (κ3) is 3.22. The number of ether oxygens (including phenoxy) is 4. The summed E-state index contributed by atoms with van der Waals surface area (Å²) in [5, 5.41) is 10.4. The fourth-order valence-electron chi connectivity index (χ4n) is 2.57. The van der Waals surface area contributed by atoms with Crippen molar-refractivity contribution < 1.29 is 28.2 Å². The van der Waals surface area contributed by atoms with E-state index < -0.39 is 5.91 Å². The summed E-state index contributed by atoms with van der Waals surface area (Å²) in [7, 11) is 3.08. The van der Waals surface area contributed by atoms with E-state index in [1.807, 2.05) is 0 Å². The van der Waals surface area contributed by atoms with Crippen molar-refractivity contribution in [3.63, 3.8) is 0 Å². The van der Waals surface area contributed by atoms with Gasteiger partial charge in [0.25, 0.3) is 5.91 Å². The molecular weight excluding hydrogens is 354 g/mol. The Hall–Kier alpha value is -3.75. The number of carbonyl (C=O) groups is 1. The Morgan fingerprint density at radius 2 is 1.81 bits per heavy atom. The average Bonchev–Trinajstić information content (AvgIpc) is 3.36. The van der Waals surface area contributed by atoms with Gasteiger partial charge in [-0.15, -0.1) is 5.10 Å². The summed E-state index contributed by atoms with van der Waals surface area (Å²) in [6.45, 7) is 0.138. The van der Waals surface area contributed by atoms with Crippen LogP contribution in [0.25, 0.3) is 11.5 Å². The van der Waals surface area contributed by atoms with E-state index >= 15 is 0 Å². The van der Waals surface area contributed by atoms with Crippen molar-refractivity contribution in [3.8, 4) is 34.5 Å². The van der Waals surface area contributed by atoms with Gasteiger partial charge >= 0.3 is 6.01 Å². The molecule has 2 heterocycles. The second-order valence-electron chi connectivity index (χ2n) is 5.50. The number of hydrogen-bond donors (Lipinski definition) is 1. The lowest BCUT2D eigenvalue weighted by molar-refractivity contribution is 0.102. The topological polar surface area (TPSA) is 105 Å². The van der Waals surface area contributed by atoms with Crippen molar-refractivity contribution in [2.75, 3.05) is 26.3 Å². The zero-order valence-electron chi connectivity index (χ0n) is 14.5. The normalized spacial score (nSPS) is 11.9. The quantitative estimate of drug-likeness (QED) is 0.732. The minimum atomic E-state index is -0.407. The summed E-state index contributed by atoms with van der Waals surface area (Å²) in [5.74, 6) is 2.04. The number of hydrogen-bond acceptors (Lipinski definition) is 8. The van der Waals surface area contributed by atoms with Crippen LogP contribution < -0.4 is 24.3 Å². The molecule has 0 radical (unpaired) electrons. The molecule has 2 aromatic carbocycles. The molecule has 0 bridgehead atoms. The van der Waals surface area contributed by atoms with Gasteiger partial charge in [0.05, 0.1) is 14.2 Å². The van der Waals surface area contributed by atoms with Crippen LogP contribution in [0.5, 0.6) is 23.0 Å². The monoisotopic (exact) mass is 369 g/mol. The predicted octanol–water partition coefficient (Wildman–Crippen LogP) is 2.73. The first-order chi connectivity index (χ1) is 13.2. The molecule has 1 N–H and O–H groups in total. The lowest BCUT2D eigenvalue weighted by Crippen LogP contribution is -2.12. The van der Waals surface area contributed by atoms with Gasteiger partial charge in [-0.2, -0.15) is 0 Å². The summed E-state index contributed by atoms with van der Waals surface area (Å²) in [6, 6.07) is 10.0. The van der Waals surface area contributed by atoms with Crippen molar-refractivity contribution in [1.29, 1.82) is 0 Å². The molecule has 0 saturated carbocycles. The molecular formula is C18H15N3O6. The van der Waals surface area contributed by atoms with Crippen LogP contribution in [0, 0.1) is 0 Å². The molecule has 1 aliphatic heterocycles. The van der Waals surface area contributed by atoms with Gasteiger partial charge in [-0.3, -0.25) is 10.1 Å². The van der Waals surface area contributed by atoms with Crippen LogP contribution >= 0.6 is 0 Å². The van der Waals surface area contributed by atoms with Crippen LogP contribution in [0.4, 0.5) is 6.01 Å². The molecule has 0 spiro atoms. The first kappa shape index (κ1) is 16.7. The Kier molecular flexibility index (Phi) is 4.25. The predicted molar refractivity (Wildman–Crippen MR) is 93.4 cm³/mol. The SMILES string of the molecule is COc1ccc(-c2nnc(NC(=O)c3ccc4c(c3)OCO4)o2)cc1OC. The van der Waals surface area contributed by atoms with Gasteiger partial charge in [0.15, 0.2) is 23.0 Å². The van der Waals surface area contributed by atoms with E-state index in [1.54, 1.807) is 43.5 Å². The number of nitrogens with zero attached hydrogens (tertiary/aromatic N) is 2. The number of carbonyl (C=O) groups excluding carboxylic acids is 1. The molecule has 138 valence electrons. The van der Waals surface area contributed by atoms with Gasteiger partial charge in [-0.05, 0) is 36.4 Å². The lowest BCUT2D eigenvalue weighted by atomic mass is 10.2. The molecule has 9 heteroatoms. The minimum Gasteiger partial charge on any atom is -0.493 e. The van der Waals surface area contributed by atoms with E-state index in [2.05, 4.69) is 15.5 Å². The van der Waals surface area contributed by atoms with E-state index in [9.17, 15) is 4.79 Å². The molecule has 3 aromatic rings. The van der Waals surface area contributed by atoms with E-state index in [1.165, 1.54) is 7.11 Å². The second kappa shape index (κ2) is 6.87. The van der Waals surface area contributed by atoms with Crippen molar-refractivity contribution in [2.45, 2.75) is 0 Å². The highest BCUT2D eigenvalue weighted by Crippen LogP contribution is 2.33. The Morgan fingerprint density at radius 1 is 1.00 bits per heavy atom. The number of nitrogens with one attached hydrogen (secondary N) is 1. The average molecular weight is 369 g/mol. The van der Waals surface area contributed by atoms with Crippen molar-refractivity contribution in [1.82, 2.24) is 10.2 Å². The van der Waals surface area contributed by atoms with Crippen LogP contribution in [-0.2, 0) is 0 Å². The Balaban J connectivity index is 1.52. The third-order valence-electron chi connectivity index (χ3n) is 3.91. The van der Waals surface area contributed by atoms with Crippen LogP contribution in [0.3, 0.4) is 0 Å². The molecule has 9 nitrogen and oxygen atoms in total. The number of benzene rings is 2. The van der Waals surface area contributed by atoms with E-state index in [4.69, 9.17) is 23.4 Å². The number of anilines is 1. The Morgan fingerprint density at radius 3 is 2.63 bits per heavy atom. The van der Waals surface area contributed by atoms with Gasteiger partial charge in [0.2, 0.25) is 12.7 Å². The summed E-state index contributed by atoms with van der Waals surface area (Å²) < 4.78 is 26.5. The fourth-order valence-corrected chi connectivity index (χ4v) is 2.57. The maximum atomic E-state index is 12.4. The summed E-state index contributed by atoms with van der Waals surface area (Å²) in [4.78, 5) is 12.4. The first-order valence-corrected chi connectivity index (χ1v) is 7.95. The standard InChI is InChI=1S/C18H15N3O6/c1-23-12-5-4-11(8-14(12)24-2)17-20-21-18(27-17)19-16(22)10-3-6-13-15(7-10)26-9-25-13/h3-8H,9H2,1-2H3,(H,19,21,22). The molecule has 0 atom stereocenters. The van der Waals surface area contributed by atoms with Crippen molar-refractivity contribution >= 4 is 11.9 Å². The van der Waals surface area contributed by atoms with E-state index in [-0.39, 0.29) is 18.7 Å². The van der Waals surface area contributed by atoms with Gasteiger partial charge in [-0.25, -0.2) is 0 Å². The highest BCUT2D eigenvalue weighted by Gasteiger charge is 2.18. The minimum absolute atomic E-state index is 0.0255. The molecule has 0 unspecified atom stereocenters. The molecule has 0 saturated heterocycles. The second-order valence-corrected chi connectivity index (χ2v) is 5.50. The molecule has 27 heavy (non-hydrogen) atoms. The van der Waals surface area contributed by atoms with Gasteiger partial charge in [0, 0.05) is 11.1 Å². The maximum absolute atomic E-state index is 12.4.